The van der Waals surface area contributed by atoms with Gasteiger partial charge in [0, 0.05) is 27.8 Å². The first-order valence-corrected chi connectivity index (χ1v) is 9.90. The van der Waals surface area contributed by atoms with Crippen molar-refractivity contribution in [1.82, 2.24) is 4.98 Å². The van der Waals surface area contributed by atoms with Crippen molar-refractivity contribution >= 4 is 32.8 Å². The van der Waals surface area contributed by atoms with Crippen LogP contribution >= 0.6 is 0 Å². The molecule has 2 heterocycles. The molecule has 138 valence electrons. The van der Waals surface area contributed by atoms with Crippen LogP contribution in [-0.4, -0.2) is 4.98 Å². The number of pyridine rings is 1. The lowest BCUT2D eigenvalue weighted by Gasteiger charge is -2.12. The van der Waals surface area contributed by atoms with Crippen molar-refractivity contribution in [3.8, 4) is 11.3 Å². The maximum atomic E-state index is 6.10. The minimum atomic E-state index is 0.577. The standard InChI is InChI=1S/C26H23NO/c1-16(2)12-19-13-23(18-10-8-17(3)9-11-18)27-24-15-26-22(14-21(19)24)20-6-4-5-7-25(20)28-26/h4-11,13-16H,12H2,1-3H3. The Kier molecular flexibility index (Phi) is 3.94. The van der Waals surface area contributed by atoms with Crippen LogP contribution in [0.1, 0.15) is 25.0 Å². The molecule has 0 saturated carbocycles. The van der Waals surface area contributed by atoms with Crippen molar-refractivity contribution in [2.75, 3.05) is 0 Å². The molecule has 5 rings (SSSR count). The number of hydrogen-bond acceptors (Lipinski definition) is 2. The summed E-state index contributed by atoms with van der Waals surface area (Å²) < 4.78 is 6.10. The fourth-order valence-corrected chi connectivity index (χ4v) is 4.00. The first-order valence-electron chi connectivity index (χ1n) is 9.90. The van der Waals surface area contributed by atoms with Gasteiger partial charge in [-0.15, -0.1) is 0 Å². The van der Waals surface area contributed by atoms with E-state index in [9.17, 15) is 0 Å². The number of furan rings is 1. The summed E-state index contributed by atoms with van der Waals surface area (Å²) in [5.74, 6) is 0.577. The van der Waals surface area contributed by atoms with E-state index in [4.69, 9.17) is 9.40 Å². The molecular weight excluding hydrogens is 342 g/mol. The summed E-state index contributed by atoms with van der Waals surface area (Å²) in [7, 11) is 0. The molecule has 0 atom stereocenters. The number of nitrogens with zero attached hydrogens (tertiary/aromatic N) is 1. The summed E-state index contributed by atoms with van der Waals surface area (Å²) >= 11 is 0. The molecule has 0 saturated heterocycles. The summed E-state index contributed by atoms with van der Waals surface area (Å²) in [6.45, 7) is 6.65. The predicted molar refractivity (Wildman–Crippen MR) is 118 cm³/mol. The molecule has 0 fully saturated rings. The van der Waals surface area contributed by atoms with E-state index in [1.54, 1.807) is 0 Å². The quantitative estimate of drug-likeness (QED) is 0.335. The van der Waals surface area contributed by atoms with Crippen LogP contribution in [0.3, 0.4) is 0 Å². The van der Waals surface area contributed by atoms with Crippen molar-refractivity contribution < 1.29 is 4.42 Å². The number of para-hydroxylation sites is 1. The highest BCUT2D eigenvalue weighted by Gasteiger charge is 2.14. The summed E-state index contributed by atoms with van der Waals surface area (Å²) in [6, 6.07) is 23.5. The summed E-state index contributed by atoms with van der Waals surface area (Å²) in [5.41, 5.74) is 7.62. The van der Waals surface area contributed by atoms with Gasteiger partial charge in [-0.05, 0) is 43.0 Å². The normalized spacial score (nSPS) is 11.9. The smallest absolute Gasteiger partial charge is 0.137 e. The van der Waals surface area contributed by atoms with Crippen molar-refractivity contribution in [3.63, 3.8) is 0 Å². The topological polar surface area (TPSA) is 26.0 Å². The molecule has 0 aliphatic heterocycles. The molecular formula is C26H23NO. The second-order valence-corrected chi connectivity index (χ2v) is 8.09. The van der Waals surface area contributed by atoms with Gasteiger partial charge >= 0.3 is 0 Å². The third-order valence-corrected chi connectivity index (χ3v) is 5.37. The number of rotatable bonds is 3. The first-order chi connectivity index (χ1) is 13.6. The number of hydrogen-bond donors (Lipinski definition) is 0. The molecule has 0 spiro atoms. The van der Waals surface area contributed by atoms with Crippen LogP contribution in [0.2, 0.25) is 0 Å². The second-order valence-electron chi connectivity index (χ2n) is 8.09. The molecule has 3 aromatic carbocycles. The third kappa shape index (κ3) is 2.86. The van der Waals surface area contributed by atoms with Crippen molar-refractivity contribution in [2.24, 2.45) is 5.92 Å². The maximum Gasteiger partial charge on any atom is 0.137 e. The maximum absolute atomic E-state index is 6.10. The number of benzene rings is 3. The molecule has 28 heavy (non-hydrogen) atoms. The van der Waals surface area contributed by atoms with Gasteiger partial charge in [-0.1, -0.05) is 61.9 Å². The minimum Gasteiger partial charge on any atom is -0.456 e. The lowest BCUT2D eigenvalue weighted by atomic mass is 9.96. The Morgan fingerprint density at radius 1 is 0.821 bits per heavy atom. The zero-order valence-corrected chi connectivity index (χ0v) is 16.5. The molecule has 0 radical (unpaired) electrons. The Morgan fingerprint density at radius 2 is 1.61 bits per heavy atom. The molecule has 2 aromatic heterocycles. The molecule has 2 nitrogen and oxygen atoms in total. The van der Waals surface area contributed by atoms with Gasteiger partial charge in [0.2, 0.25) is 0 Å². The fraction of sp³-hybridized carbons (Fsp3) is 0.192. The van der Waals surface area contributed by atoms with E-state index in [-0.39, 0.29) is 0 Å². The van der Waals surface area contributed by atoms with Crippen LogP contribution in [0.5, 0.6) is 0 Å². The Balaban J connectivity index is 1.81. The van der Waals surface area contributed by atoms with Gasteiger partial charge in [0.05, 0.1) is 11.2 Å². The SMILES string of the molecule is Cc1ccc(-c2cc(CC(C)C)c3cc4c(cc3n2)oc2ccccc24)cc1. The highest BCUT2D eigenvalue weighted by atomic mass is 16.3. The fourth-order valence-electron chi connectivity index (χ4n) is 4.00. The highest BCUT2D eigenvalue weighted by Crippen LogP contribution is 2.34. The molecule has 2 heteroatoms. The van der Waals surface area contributed by atoms with Gasteiger partial charge in [0.1, 0.15) is 11.2 Å². The minimum absolute atomic E-state index is 0.577. The van der Waals surface area contributed by atoms with Gasteiger partial charge in [-0.25, -0.2) is 4.98 Å². The van der Waals surface area contributed by atoms with Crippen molar-refractivity contribution in [3.05, 3.63) is 77.9 Å². The monoisotopic (exact) mass is 365 g/mol. The zero-order chi connectivity index (χ0) is 19.3. The van der Waals surface area contributed by atoms with Gasteiger partial charge in [0.25, 0.3) is 0 Å². The van der Waals surface area contributed by atoms with Gasteiger partial charge < -0.3 is 4.42 Å². The van der Waals surface area contributed by atoms with E-state index >= 15 is 0 Å². The molecule has 0 bridgehead atoms. The van der Waals surface area contributed by atoms with Crippen LogP contribution in [0.15, 0.2) is 71.1 Å². The van der Waals surface area contributed by atoms with Crippen LogP contribution in [0, 0.1) is 12.8 Å². The Labute approximate surface area is 164 Å². The lowest BCUT2D eigenvalue weighted by molar-refractivity contribution is 0.650. The second kappa shape index (κ2) is 6.49. The lowest BCUT2D eigenvalue weighted by Crippen LogP contribution is -1.98. The van der Waals surface area contributed by atoms with Gasteiger partial charge in [-0.2, -0.15) is 0 Å². The number of fused-ring (bicyclic) bond motifs is 4. The molecule has 0 unspecified atom stereocenters. The predicted octanol–water partition coefficient (Wildman–Crippen LogP) is 7.31. The number of aryl methyl sites for hydroxylation is 1. The van der Waals surface area contributed by atoms with Crippen LogP contribution in [0.4, 0.5) is 0 Å². The first kappa shape index (κ1) is 17.0. The van der Waals surface area contributed by atoms with E-state index < -0.39 is 0 Å². The van der Waals surface area contributed by atoms with Crippen LogP contribution < -0.4 is 0 Å². The average molecular weight is 365 g/mol. The Morgan fingerprint density at radius 3 is 2.39 bits per heavy atom. The van der Waals surface area contributed by atoms with Gasteiger partial charge in [-0.3, -0.25) is 0 Å². The largest absolute Gasteiger partial charge is 0.456 e. The van der Waals surface area contributed by atoms with E-state index in [0.29, 0.717) is 5.92 Å². The number of aromatic nitrogens is 1. The summed E-state index contributed by atoms with van der Waals surface area (Å²) in [6.07, 6.45) is 1.03. The van der Waals surface area contributed by atoms with Crippen molar-refractivity contribution in [1.29, 1.82) is 0 Å². The van der Waals surface area contributed by atoms with E-state index in [1.165, 1.54) is 16.5 Å². The highest BCUT2D eigenvalue weighted by molar-refractivity contribution is 6.10. The Bertz CT molecular complexity index is 1310. The average Bonchev–Trinajstić information content (AvgIpc) is 3.04. The van der Waals surface area contributed by atoms with Crippen LogP contribution in [-0.2, 0) is 6.42 Å². The molecule has 0 amide bonds. The van der Waals surface area contributed by atoms with E-state index in [2.05, 4.69) is 75.4 Å². The molecule has 0 aliphatic carbocycles. The van der Waals surface area contributed by atoms with E-state index in [0.717, 1.165) is 45.1 Å². The van der Waals surface area contributed by atoms with Gasteiger partial charge in [0.15, 0.2) is 0 Å². The van der Waals surface area contributed by atoms with E-state index in [1.807, 2.05) is 12.1 Å². The zero-order valence-electron chi connectivity index (χ0n) is 16.5. The molecule has 0 N–H and O–H groups in total. The third-order valence-electron chi connectivity index (χ3n) is 5.37. The summed E-state index contributed by atoms with van der Waals surface area (Å²) in [4.78, 5) is 5.00. The summed E-state index contributed by atoms with van der Waals surface area (Å²) in [5, 5.41) is 3.55. The Hall–Kier alpha value is -3.13. The van der Waals surface area contributed by atoms with Crippen molar-refractivity contribution in [2.45, 2.75) is 27.2 Å². The molecule has 5 aromatic rings. The molecule has 0 aliphatic rings. The van der Waals surface area contributed by atoms with Crippen LogP contribution in [0.25, 0.3) is 44.1 Å².